The van der Waals surface area contributed by atoms with Crippen LogP contribution in [0.5, 0.6) is 0 Å². The molecule has 0 unspecified atom stereocenters. The van der Waals surface area contributed by atoms with Crippen molar-refractivity contribution in [3.8, 4) is 0 Å². The number of hydrogen-bond acceptors (Lipinski definition) is 3. The van der Waals surface area contributed by atoms with Gasteiger partial charge in [0.15, 0.2) is 0 Å². The van der Waals surface area contributed by atoms with E-state index in [9.17, 15) is 13.2 Å². The lowest BCUT2D eigenvalue weighted by Crippen LogP contribution is -2.40. The van der Waals surface area contributed by atoms with Crippen molar-refractivity contribution in [2.24, 2.45) is 0 Å². The van der Waals surface area contributed by atoms with E-state index in [1.54, 1.807) is 66.7 Å². The van der Waals surface area contributed by atoms with Crippen molar-refractivity contribution in [2.75, 3.05) is 10.8 Å². The summed E-state index contributed by atoms with van der Waals surface area (Å²) in [6.45, 7) is -0.213. The average molecular weight is 449 g/mol. The van der Waals surface area contributed by atoms with Crippen LogP contribution in [-0.2, 0) is 21.4 Å². The summed E-state index contributed by atoms with van der Waals surface area (Å²) in [6.07, 6.45) is 0. The summed E-state index contributed by atoms with van der Waals surface area (Å²) in [5.74, 6) is -0.459. The molecule has 3 aromatic carbocycles. The zero-order valence-electron chi connectivity index (χ0n) is 15.3. The highest BCUT2D eigenvalue weighted by Crippen LogP contribution is 2.23. The maximum atomic E-state index is 13.1. The first-order valence-electron chi connectivity index (χ1n) is 8.71. The fourth-order valence-corrected chi connectivity index (χ4v) is 4.59. The Labute approximate surface area is 179 Å². The monoisotopic (exact) mass is 448 g/mol. The van der Waals surface area contributed by atoms with Crippen LogP contribution in [0.2, 0.25) is 10.0 Å². The van der Waals surface area contributed by atoms with Crippen molar-refractivity contribution in [2.45, 2.75) is 11.4 Å². The van der Waals surface area contributed by atoms with Crippen molar-refractivity contribution >= 4 is 44.8 Å². The molecule has 0 fully saturated rings. The lowest BCUT2D eigenvalue weighted by molar-refractivity contribution is -0.119. The molecule has 0 heterocycles. The molecule has 1 amide bonds. The minimum absolute atomic E-state index is 0.109. The van der Waals surface area contributed by atoms with Crippen LogP contribution < -0.4 is 9.62 Å². The molecule has 3 rings (SSSR count). The third-order valence-electron chi connectivity index (χ3n) is 4.15. The molecule has 8 heteroatoms. The Bertz CT molecular complexity index is 1090. The predicted molar refractivity (Wildman–Crippen MR) is 116 cm³/mol. The van der Waals surface area contributed by atoms with Crippen LogP contribution >= 0.6 is 23.2 Å². The maximum Gasteiger partial charge on any atom is 0.264 e. The Morgan fingerprint density at radius 1 is 0.897 bits per heavy atom. The number of carbonyl (C=O) groups is 1. The van der Waals surface area contributed by atoms with Crippen molar-refractivity contribution in [1.29, 1.82) is 0 Å². The number of carbonyl (C=O) groups excluding carboxylic acids is 1. The SMILES string of the molecule is O=C(CN(c1ccccc1)S(=O)(=O)c1ccccc1)NCc1ccc(Cl)cc1Cl. The second-order valence-electron chi connectivity index (χ2n) is 6.17. The second-order valence-corrected chi connectivity index (χ2v) is 8.88. The molecule has 0 aliphatic carbocycles. The fourth-order valence-electron chi connectivity index (χ4n) is 2.67. The first-order chi connectivity index (χ1) is 13.9. The van der Waals surface area contributed by atoms with Gasteiger partial charge in [0.05, 0.1) is 10.6 Å². The van der Waals surface area contributed by atoms with Gasteiger partial charge in [-0.25, -0.2) is 8.42 Å². The molecule has 3 aromatic rings. The summed E-state index contributed by atoms with van der Waals surface area (Å²) >= 11 is 12.0. The Kier molecular flexibility index (Phi) is 6.79. The predicted octanol–water partition coefficient (Wildman–Crippen LogP) is 4.51. The number of nitrogens with zero attached hydrogens (tertiary/aromatic N) is 1. The van der Waals surface area contributed by atoms with E-state index < -0.39 is 15.9 Å². The number of amides is 1. The molecular weight excluding hydrogens is 431 g/mol. The summed E-state index contributed by atoms with van der Waals surface area (Å²) in [5.41, 5.74) is 1.08. The van der Waals surface area contributed by atoms with Crippen LogP contribution in [0.25, 0.3) is 0 Å². The minimum Gasteiger partial charge on any atom is -0.350 e. The number of nitrogens with one attached hydrogen (secondary N) is 1. The summed E-state index contributed by atoms with van der Waals surface area (Å²) in [4.78, 5) is 12.7. The standard InChI is InChI=1S/C21H18Cl2N2O3S/c22-17-12-11-16(20(23)13-17)14-24-21(26)15-25(18-7-3-1-4-8-18)29(27,28)19-9-5-2-6-10-19/h1-13H,14-15H2,(H,24,26). The van der Waals surface area contributed by atoms with Gasteiger partial charge in [-0.1, -0.05) is 65.7 Å². The molecule has 5 nitrogen and oxygen atoms in total. The maximum absolute atomic E-state index is 13.1. The molecule has 29 heavy (non-hydrogen) atoms. The summed E-state index contributed by atoms with van der Waals surface area (Å²) in [5, 5.41) is 3.63. The molecule has 0 spiro atoms. The van der Waals surface area contributed by atoms with E-state index >= 15 is 0 Å². The van der Waals surface area contributed by atoms with Gasteiger partial charge in [-0.05, 0) is 42.0 Å². The Morgan fingerprint density at radius 3 is 2.14 bits per heavy atom. The van der Waals surface area contributed by atoms with Gasteiger partial charge < -0.3 is 5.32 Å². The molecule has 0 saturated carbocycles. The number of sulfonamides is 1. The van der Waals surface area contributed by atoms with Gasteiger partial charge >= 0.3 is 0 Å². The van der Waals surface area contributed by atoms with Crippen LogP contribution in [-0.4, -0.2) is 20.9 Å². The number of para-hydroxylation sites is 1. The van der Waals surface area contributed by atoms with E-state index in [0.29, 0.717) is 21.3 Å². The van der Waals surface area contributed by atoms with E-state index in [2.05, 4.69) is 5.32 Å². The highest BCUT2D eigenvalue weighted by Gasteiger charge is 2.26. The summed E-state index contributed by atoms with van der Waals surface area (Å²) < 4.78 is 27.4. The van der Waals surface area contributed by atoms with E-state index in [0.717, 1.165) is 4.31 Å². The largest absolute Gasteiger partial charge is 0.350 e. The van der Waals surface area contributed by atoms with Crippen LogP contribution in [0.1, 0.15) is 5.56 Å². The van der Waals surface area contributed by atoms with Crippen LogP contribution in [0, 0.1) is 0 Å². The molecule has 0 saturated heterocycles. The van der Waals surface area contributed by atoms with E-state index in [1.807, 2.05) is 0 Å². The van der Waals surface area contributed by atoms with E-state index in [-0.39, 0.29) is 18.0 Å². The molecule has 150 valence electrons. The topological polar surface area (TPSA) is 66.5 Å². The van der Waals surface area contributed by atoms with Crippen molar-refractivity contribution in [1.82, 2.24) is 5.32 Å². The second kappa shape index (κ2) is 9.31. The van der Waals surface area contributed by atoms with Crippen molar-refractivity contribution in [3.63, 3.8) is 0 Å². The molecule has 0 atom stereocenters. The number of hydrogen-bond donors (Lipinski definition) is 1. The first-order valence-corrected chi connectivity index (χ1v) is 10.9. The van der Waals surface area contributed by atoms with Gasteiger partial charge in [0.25, 0.3) is 10.0 Å². The van der Waals surface area contributed by atoms with Gasteiger partial charge in [0, 0.05) is 16.6 Å². The molecular formula is C21H18Cl2N2O3S. The van der Waals surface area contributed by atoms with Gasteiger partial charge in [-0.3, -0.25) is 9.10 Å². The number of anilines is 1. The average Bonchev–Trinajstić information content (AvgIpc) is 2.72. The smallest absolute Gasteiger partial charge is 0.264 e. The lowest BCUT2D eigenvalue weighted by Gasteiger charge is -2.24. The van der Waals surface area contributed by atoms with Crippen LogP contribution in [0.15, 0.2) is 83.8 Å². The highest BCUT2D eigenvalue weighted by atomic mass is 35.5. The third-order valence-corrected chi connectivity index (χ3v) is 6.53. The van der Waals surface area contributed by atoms with Crippen molar-refractivity contribution < 1.29 is 13.2 Å². The van der Waals surface area contributed by atoms with E-state index in [4.69, 9.17) is 23.2 Å². The highest BCUT2D eigenvalue weighted by molar-refractivity contribution is 7.92. The molecule has 0 aromatic heterocycles. The van der Waals surface area contributed by atoms with Crippen LogP contribution in [0.3, 0.4) is 0 Å². The minimum atomic E-state index is -3.92. The molecule has 0 bridgehead atoms. The number of benzene rings is 3. The summed E-state index contributed by atoms with van der Waals surface area (Å²) in [7, 11) is -3.92. The first kappa shape index (κ1) is 21.2. The van der Waals surface area contributed by atoms with Gasteiger partial charge in [-0.15, -0.1) is 0 Å². The number of halogens is 2. The zero-order valence-corrected chi connectivity index (χ0v) is 17.6. The molecule has 0 aliphatic heterocycles. The molecule has 0 radical (unpaired) electrons. The van der Waals surface area contributed by atoms with Gasteiger partial charge in [-0.2, -0.15) is 0 Å². The fraction of sp³-hybridized carbons (Fsp3) is 0.0952. The Hall–Kier alpha value is -2.54. The third kappa shape index (κ3) is 5.29. The van der Waals surface area contributed by atoms with Gasteiger partial charge in [0.1, 0.15) is 6.54 Å². The molecule has 0 aliphatic rings. The van der Waals surface area contributed by atoms with Gasteiger partial charge in [0.2, 0.25) is 5.91 Å². The normalized spacial score (nSPS) is 11.1. The summed E-state index contributed by atoms with van der Waals surface area (Å²) in [6, 6.07) is 21.5. The van der Waals surface area contributed by atoms with Crippen molar-refractivity contribution in [3.05, 3.63) is 94.5 Å². The van der Waals surface area contributed by atoms with Crippen LogP contribution in [0.4, 0.5) is 5.69 Å². The lowest BCUT2D eigenvalue weighted by atomic mass is 10.2. The van der Waals surface area contributed by atoms with E-state index in [1.165, 1.54) is 12.1 Å². The Balaban J connectivity index is 1.81. The number of rotatable bonds is 7. The molecule has 1 N–H and O–H groups in total. The zero-order chi connectivity index (χ0) is 20.9. The Morgan fingerprint density at radius 2 is 1.52 bits per heavy atom. The quantitative estimate of drug-likeness (QED) is 0.578.